The van der Waals surface area contributed by atoms with Gasteiger partial charge in [0.2, 0.25) is 5.88 Å². The van der Waals surface area contributed by atoms with Crippen molar-refractivity contribution >= 4 is 29.5 Å². The highest BCUT2D eigenvalue weighted by atomic mass is 32.2. The molecule has 1 aromatic carbocycles. The molecule has 1 aliphatic heterocycles. The quantitative estimate of drug-likeness (QED) is 0.426. The van der Waals surface area contributed by atoms with Gasteiger partial charge in [-0.15, -0.1) is 11.8 Å². The van der Waals surface area contributed by atoms with Gasteiger partial charge in [0, 0.05) is 10.6 Å². The van der Waals surface area contributed by atoms with E-state index in [-0.39, 0.29) is 29.4 Å². The van der Waals surface area contributed by atoms with Crippen LogP contribution in [0, 0.1) is 22.7 Å². The Morgan fingerprint density at radius 1 is 1.26 bits per heavy atom. The fraction of sp³-hybridized carbons (Fsp3) is 0.308. The summed E-state index contributed by atoms with van der Waals surface area (Å²) in [4.78, 5) is 18.9. The summed E-state index contributed by atoms with van der Waals surface area (Å²) in [7, 11) is 0. The summed E-state index contributed by atoms with van der Waals surface area (Å²) >= 11 is 2.91. The van der Waals surface area contributed by atoms with Crippen LogP contribution in [-0.4, -0.2) is 29.6 Å². The fourth-order valence-corrected chi connectivity index (χ4v) is 5.59. The summed E-state index contributed by atoms with van der Waals surface area (Å²) in [6, 6.07) is 13.9. The number of esters is 1. The number of nitrogens with two attached hydrogens (primary N) is 1. The van der Waals surface area contributed by atoms with Crippen molar-refractivity contribution < 1.29 is 14.3 Å². The number of rotatable bonds is 7. The Bertz CT molecular complexity index is 1300. The molecule has 0 amide bonds. The molecule has 0 spiro atoms. The Labute approximate surface area is 213 Å². The van der Waals surface area contributed by atoms with E-state index >= 15 is 0 Å². The maximum atomic E-state index is 13.2. The van der Waals surface area contributed by atoms with E-state index in [9.17, 15) is 15.3 Å². The molecule has 0 saturated heterocycles. The molecule has 2 aliphatic rings. The SMILES string of the molecule is CCOC(=O)C1=C(CSc2nc3c(cc2C#N)CCC3)OC(N)=C(C#N)[C@@H]1c1ccc(SC)cc1. The minimum atomic E-state index is -0.720. The highest BCUT2D eigenvalue weighted by Crippen LogP contribution is 2.41. The van der Waals surface area contributed by atoms with E-state index in [1.807, 2.05) is 36.6 Å². The predicted octanol–water partition coefficient (Wildman–Crippen LogP) is 4.58. The van der Waals surface area contributed by atoms with Gasteiger partial charge in [-0.05, 0) is 61.8 Å². The molecule has 2 heterocycles. The third-order valence-corrected chi connectivity index (χ3v) is 7.65. The number of nitriles is 2. The molecule has 9 heteroatoms. The molecule has 178 valence electrons. The van der Waals surface area contributed by atoms with Gasteiger partial charge >= 0.3 is 5.97 Å². The number of hydrogen-bond donors (Lipinski definition) is 1. The minimum Gasteiger partial charge on any atom is -0.463 e. The first-order valence-electron chi connectivity index (χ1n) is 11.2. The van der Waals surface area contributed by atoms with E-state index in [1.165, 1.54) is 11.8 Å². The number of allylic oxidation sites excluding steroid dienone is 1. The molecule has 1 aliphatic carbocycles. The lowest BCUT2D eigenvalue weighted by atomic mass is 9.83. The molecule has 0 radical (unpaired) electrons. The number of aromatic nitrogens is 1. The lowest BCUT2D eigenvalue weighted by Gasteiger charge is -2.28. The third-order valence-electron chi connectivity index (χ3n) is 5.92. The predicted molar refractivity (Wildman–Crippen MR) is 134 cm³/mol. The van der Waals surface area contributed by atoms with E-state index < -0.39 is 11.9 Å². The zero-order valence-electron chi connectivity index (χ0n) is 19.5. The van der Waals surface area contributed by atoms with Gasteiger partial charge in [0.25, 0.3) is 0 Å². The normalized spacial score (nSPS) is 16.9. The smallest absolute Gasteiger partial charge is 0.338 e. The second kappa shape index (κ2) is 10.9. The zero-order chi connectivity index (χ0) is 24.9. The third kappa shape index (κ3) is 5.02. The number of benzene rings is 1. The molecule has 1 atom stereocenters. The van der Waals surface area contributed by atoms with Crippen LogP contribution in [0.1, 0.15) is 41.6 Å². The standard InChI is InChI=1S/C26H24N4O3S2/c1-3-32-26(31)23-21(14-35-25-17(12-27)11-16-5-4-6-20(16)30-25)33-24(29)19(13-28)22(23)15-7-9-18(34-2)10-8-15/h7-11,22H,3-6,14,29H2,1-2H3/t22-/m0/s1. The second-order valence-electron chi connectivity index (χ2n) is 7.96. The highest BCUT2D eigenvalue weighted by molar-refractivity contribution is 7.99. The molecule has 0 bridgehead atoms. The molecule has 1 aromatic heterocycles. The van der Waals surface area contributed by atoms with Crippen molar-refractivity contribution in [1.29, 1.82) is 10.5 Å². The van der Waals surface area contributed by atoms with Crippen LogP contribution in [0.15, 0.2) is 63.0 Å². The first-order valence-corrected chi connectivity index (χ1v) is 13.4. The molecule has 4 rings (SSSR count). The lowest BCUT2D eigenvalue weighted by Crippen LogP contribution is -2.27. The Hall–Kier alpha value is -3.40. The van der Waals surface area contributed by atoms with Crippen LogP contribution in [0.2, 0.25) is 0 Å². The average Bonchev–Trinajstić information content (AvgIpc) is 3.33. The Morgan fingerprint density at radius 2 is 2.03 bits per heavy atom. The number of hydrogen-bond acceptors (Lipinski definition) is 9. The summed E-state index contributed by atoms with van der Waals surface area (Å²) in [6.45, 7) is 1.90. The largest absolute Gasteiger partial charge is 0.463 e. The highest BCUT2D eigenvalue weighted by Gasteiger charge is 2.37. The van der Waals surface area contributed by atoms with Crippen LogP contribution in [-0.2, 0) is 27.1 Å². The molecule has 0 saturated carbocycles. The summed E-state index contributed by atoms with van der Waals surface area (Å²) < 4.78 is 11.2. The minimum absolute atomic E-state index is 0.0440. The molecule has 0 fully saturated rings. The number of carbonyl (C=O) groups excluding carboxylic acids is 1. The van der Waals surface area contributed by atoms with Crippen molar-refractivity contribution in [2.75, 3.05) is 18.6 Å². The lowest BCUT2D eigenvalue weighted by molar-refractivity contribution is -0.139. The number of pyridine rings is 1. The molecule has 0 unspecified atom stereocenters. The zero-order valence-corrected chi connectivity index (χ0v) is 21.1. The number of thioether (sulfide) groups is 2. The van der Waals surface area contributed by atoms with Crippen LogP contribution in [0.5, 0.6) is 0 Å². The number of fused-ring (bicyclic) bond motifs is 1. The number of carbonyl (C=O) groups is 1. The fourth-order valence-electron chi connectivity index (χ4n) is 4.26. The number of nitrogens with zero attached hydrogens (tertiary/aromatic N) is 3. The van der Waals surface area contributed by atoms with Crippen LogP contribution in [0.3, 0.4) is 0 Å². The van der Waals surface area contributed by atoms with Crippen molar-refractivity contribution in [3.8, 4) is 12.1 Å². The number of ether oxygens (including phenoxy) is 2. The Balaban J connectivity index is 1.76. The first-order chi connectivity index (χ1) is 17.0. The van der Waals surface area contributed by atoms with Crippen molar-refractivity contribution in [2.45, 2.75) is 42.0 Å². The van der Waals surface area contributed by atoms with E-state index in [2.05, 4.69) is 12.1 Å². The average molecular weight is 505 g/mol. The van der Waals surface area contributed by atoms with Crippen molar-refractivity contribution in [3.05, 3.63) is 75.5 Å². The molecule has 7 nitrogen and oxygen atoms in total. The van der Waals surface area contributed by atoms with Crippen LogP contribution in [0.4, 0.5) is 0 Å². The van der Waals surface area contributed by atoms with E-state index in [0.29, 0.717) is 16.3 Å². The summed E-state index contributed by atoms with van der Waals surface area (Å²) in [5, 5.41) is 20.1. The Kier molecular flexibility index (Phi) is 7.70. The van der Waals surface area contributed by atoms with Crippen molar-refractivity contribution in [3.63, 3.8) is 0 Å². The van der Waals surface area contributed by atoms with Gasteiger partial charge in [-0.3, -0.25) is 0 Å². The molecular formula is C26H24N4O3S2. The summed E-state index contributed by atoms with van der Waals surface area (Å²) in [5.74, 6) is -0.826. The van der Waals surface area contributed by atoms with E-state index in [1.54, 1.807) is 18.7 Å². The van der Waals surface area contributed by atoms with Gasteiger partial charge < -0.3 is 15.2 Å². The van der Waals surface area contributed by atoms with Gasteiger partial charge in [-0.2, -0.15) is 10.5 Å². The van der Waals surface area contributed by atoms with Crippen molar-refractivity contribution in [2.24, 2.45) is 5.73 Å². The van der Waals surface area contributed by atoms with Gasteiger partial charge in [0.15, 0.2) is 0 Å². The van der Waals surface area contributed by atoms with Gasteiger partial charge in [0.05, 0.1) is 29.4 Å². The number of aryl methyl sites for hydroxylation is 2. The topological polar surface area (TPSA) is 122 Å². The van der Waals surface area contributed by atoms with Crippen molar-refractivity contribution in [1.82, 2.24) is 4.98 Å². The monoisotopic (exact) mass is 504 g/mol. The van der Waals surface area contributed by atoms with Crippen LogP contribution >= 0.6 is 23.5 Å². The van der Waals surface area contributed by atoms with Gasteiger partial charge in [-0.25, -0.2) is 9.78 Å². The maximum Gasteiger partial charge on any atom is 0.338 e. The molecule has 35 heavy (non-hydrogen) atoms. The maximum absolute atomic E-state index is 13.2. The van der Waals surface area contributed by atoms with Crippen LogP contribution in [0.25, 0.3) is 0 Å². The van der Waals surface area contributed by atoms with Gasteiger partial charge in [-0.1, -0.05) is 23.9 Å². The summed E-state index contributed by atoms with van der Waals surface area (Å²) in [5.41, 5.74) is 9.92. The first kappa shape index (κ1) is 24.7. The molecule has 2 aromatic rings. The molecular weight excluding hydrogens is 480 g/mol. The van der Waals surface area contributed by atoms with E-state index in [0.717, 1.165) is 41.0 Å². The Morgan fingerprint density at radius 3 is 2.69 bits per heavy atom. The van der Waals surface area contributed by atoms with E-state index in [4.69, 9.17) is 20.2 Å². The molecule has 2 N–H and O–H groups in total. The second-order valence-corrected chi connectivity index (χ2v) is 9.80. The van der Waals surface area contributed by atoms with Crippen LogP contribution < -0.4 is 5.73 Å². The summed E-state index contributed by atoms with van der Waals surface area (Å²) in [6.07, 6.45) is 4.82. The van der Waals surface area contributed by atoms with Gasteiger partial charge in [0.1, 0.15) is 28.5 Å².